The number of esters is 1. The third-order valence-corrected chi connectivity index (χ3v) is 5.20. The SMILES string of the molecule is O=C(CCn1cnc2sccc2c1=O)OCc1cc([N+](=O)[O-])cc2c1OCOC2. The summed E-state index contributed by atoms with van der Waals surface area (Å²) in [5.74, 6) is -0.118. The predicted molar refractivity (Wildman–Crippen MR) is 102 cm³/mol. The highest BCUT2D eigenvalue weighted by Gasteiger charge is 2.21. The first-order valence-corrected chi connectivity index (χ1v) is 9.50. The number of carbonyl (C=O) groups excluding carboxylic acids is 1. The molecule has 1 aliphatic rings. The Bertz CT molecular complexity index is 1150. The van der Waals surface area contributed by atoms with Crippen LogP contribution in [0.5, 0.6) is 5.75 Å². The molecule has 3 heterocycles. The summed E-state index contributed by atoms with van der Waals surface area (Å²) in [5, 5.41) is 13.4. The van der Waals surface area contributed by atoms with Crippen LogP contribution >= 0.6 is 11.3 Å². The van der Waals surface area contributed by atoms with Crippen molar-refractivity contribution in [3.05, 3.63) is 61.5 Å². The van der Waals surface area contributed by atoms with Crippen LogP contribution in [0.15, 0.2) is 34.7 Å². The van der Waals surface area contributed by atoms with E-state index in [0.29, 0.717) is 27.1 Å². The van der Waals surface area contributed by atoms with Crippen molar-refractivity contribution < 1.29 is 23.9 Å². The van der Waals surface area contributed by atoms with Gasteiger partial charge in [-0.15, -0.1) is 11.3 Å². The number of nitrogens with zero attached hydrogens (tertiary/aromatic N) is 3. The summed E-state index contributed by atoms with van der Waals surface area (Å²) in [6, 6.07) is 4.38. The minimum atomic E-state index is -0.547. The van der Waals surface area contributed by atoms with Gasteiger partial charge in [-0.05, 0) is 11.4 Å². The van der Waals surface area contributed by atoms with Crippen LogP contribution in [0, 0.1) is 10.1 Å². The maximum atomic E-state index is 12.3. The van der Waals surface area contributed by atoms with Gasteiger partial charge in [0.25, 0.3) is 11.2 Å². The van der Waals surface area contributed by atoms with E-state index in [-0.39, 0.29) is 44.2 Å². The van der Waals surface area contributed by atoms with E-state index in [4.69, 9.17) is 14.2 Å². The van der Waals surface area contributed by atoms with E-state index in [1.165, 1.54) is 34.4 Å². The van der Waals surface area contributed by atoms with Crippen LogP contribution in [-0.2, 0) is 34.0 Å². The van der Waals surface area contributed by atoms with Gasteiger partial charge in [-0.25, -0.2) is 4.98 Å². The molecule has 0 radical (unpaired) electrons. The van der Waals surface area contributed by atoms with E-state index in [2.05, 4.69) is 4.98 Å². The summed E-state index contributed by atoms with van der Waals surface area (Å²) in [6.45, 7) is 0.138. The topological polar surface area (TPSA) is 123 Å². The Morgan fingerprint density at radius 2 is 2.28 bits per heavy atom. The van der Waals surface area contributed by atoms with Crippen molar-refractivity contribution in [2.75, 3.05) is 6.79 Å². The first kappa shape index (κ1) is 19.0. The van der Waals surface area contributed by atoms with Crippen molar-refractivity contribution in [3.63, 3.8) is 0 Å². The Morgan fingerprint density at radius 1 is 1.41 bits per heavy atom. The highest BCUT2D eigenvalue weighted by Crippen LogP contribution is 2.33. The van der Waals surface area contributed by atoms with Gasteiger partial charge in [0.2, 0.25) is 0 Å². The molecule has 0 saturated carbocycles. The molecule has 3 aromatic rings. The summed E-state index contributed by atoms with van der Waals surface area (Å²) in [5.41, 5.74) is 0.568. The molecule has 0 bridgehead atoms. The monoisotopic (exact) mass is 417 g/mol. The van der Waals surface area contributed by atoms with Crippen molar-refractivity contribution in [1.82, 2.24) is 9.55 Å². The van der Waals surface area contributed by atoms with Crippen LogP contribution in [-0.4, -0.2) is 27.2 Å². The van der Waals surface area contributed by atoms with Crippen LogP contribution in [0.2, 0.25) is 0 Å². The number of nitro groups is 1. The van der Waals surface area contributed by atoms with Gasteiger partial charge in [0.1, 0.15) is 17.2 Å². The van der Waals surface area contributed by atoms with Gasteiger partial charge in [-0.1, -0.05) is 0 Å². The lowest BCUT2D eigenvalue weighted by Crippen LogP contribution is -2.22. The number of thiophene rings is 1. The fourth-order valence-electron chi connectivity index (χ4n) is 2.99. The normalized spacial score (nSPS) is 13.0. The molecule has 0 amide bonds. The van der Waals surface area contributed by atoms with E-state index < -0.39 is 10.9 Å². The van der Waals surface area contributed by atoms with E-state index in [9.17, 15) is 19.7 Å². The number of carbonyl (C=O) groups is 1. The maximum absolute atomic E-state index is 12.3. The van der Waals surface area contributed by atoms with E-state index >= 15 is 0 Å². The Kier molecular flexibility index (Phi) is 5.23. The number of aryl methyl sites for hydroxylation is 1. The summed E-state index contributed by atoms with van der Waals surface area (Å²) < 4.78 is 17.2. The molecule has 2 aromatic heterocycles. The van der Waals surface area contributed by atoms with Crippen LogP contribution in [0.1, 0.15) is 17.5 Å². The quantitative estimate of drug-likeness (QED) is 0.340. The molecule has 0 unspecified atom stereocenters. The van der Waals surface area contributed by atoms with Crippen LogP contribution in [0.3, 0.4) is 0 Å². The fourth-order valence-corrected chi connectivity index (χ4v) is 3.71. The minimum absolute atomic E-state index is 0.0206. The minimum Gasteiger partial charge on any atom is -0.467 e. The van der Waals surface area contributed by atoms with Gasteiger partial charge >= 0.3 is 5.97 Å². The number of ether oxygens (including phenoxy) is 3. The molecule has 11 heteroatoms. The maximum Gasteiger partial charge on any atom is 0.307 e. The van der Waals surface area contributed by atoms with Gasteiger partial charge in [0.15, 0.2) is 6.79 Å². The van der Waals surface area contributed by atoms with Crippen molar-refractivity contribution >= 4 is 33.2 Å². The molecular weight excluding hydrogens is 402 g/mol. The zero-order valence-electron chi connectivity index (χ0n) is 15.0. The van der Waals surface area contributed by atoms with Gasteiger partial charge in [0.05, 0.1) is 29.7 Å². The fraction of sp³-hybridized carbons (Fsp3) is 0.278. The number of benzene rings is 1. The molecule has 0 saturated heterocycles. The predicted octanol–water partition coefficient (Wildman–Crippen LogP) is 2.37. The second-order valence-corrected chi connectivity index (χ2v) is 7.15. The van der Waals surface area contributed by atoms with Gasteiger partial charge in [0, 0.05) is 29.8 Å². The smallest absolute Gasteiger partial charge is 0.307 e. The molecule has 0 N–H and O–H groups in total. The highest BCUT2D eigenvalue weighted by atomic mass is 32.1. The van der Waals surface area contributed by atoms with Crippen molar-refractivity contribution in [2.24, 2.45) is 0 Å². The second kappa shape index (κ2) is 7.97. The van der Waals surface area contributed by atoms with E-state index in [0.717, 1.165) is 0 Å². The van der Waals surface area contributed by atoms with E-state index in [1.54, 1.807) is 11.4 Å². The first-order valence-electron chi connectivity index (χ1n) is 8.62. The Labute approximate surface area is 167 Å². The number of aromatic nitrogens is 2. The molecular formula is C18H15N3O7S. The van der Waals surface area contributed by atoms with Crippen LogP contribution in [0.25, 0.3) is 10.2 Å². The van der Waals surface area contributed by atoms with Gasteiger partial charge < -0.3 is 14.2 Å². The summed E-state index contributed by atoms with van der Waals surface area (Å²) in [7, 11) is 0. The molecule has 1 aromatic carbocycles. The zero-order chi connectivity index (χ0) is 20.4. The summed E-state index contributed by atoms with van der Waals surface area (Å²) in [4.78, 5) is 39.9. The number of hydrogen-bond acceptors (Lipinski definition) is 9. The number of non-ortho nitro benzene ring substituents is 1. The Balaban J connectivity index is 1.43. The highest BCUT2D eigenvalue weighted by molar-refractivity contribution is 7.16. The Morgan fingerprint density at radius 3 is 3.10 bits per heavy atom. The lowest BCUT2D eigenvalue weighted by molar-refractivity contribution is -0.385. The molecule has 29 heavy (non-hydrogen) atoms. The van der Waals surface area contributed by atoms with Crippen molar-refractivity contribution in [1.29, 1.82) is 0 Å². The number of nitro benzene ring substituents is 1. The number of fused-ring (bicyclic) bond motifs is 2. The van der Waals surface area contributed by atoms with Crippen LogP contribution in [0.4, 0.5) is 5.69 Å². The first-order chi connectivity index (χ1) is 14.0. The zero-order valence-corrected chi connectivity index (χ0v) is 15.8. The second-order valence-electron chi connectivity index (χ2n) is 6.25. The molecule has 1 aliphatic heterocycles. The van der Waals surface area contributed by atoms with E-state index in [1.807, 2.05) is 0 Å². The molecule has 0 spiro atoms. The standard InChI is InChI=1S/C18H15N3O7S/c22-15(1-3-20-9-19-17-14(18(20)23)2-4-29-17)27-8-12-6-13(21(24)25)5-11-7-26-10-28-16(11)12/h2,4-6,9H,1,3,7-8,10H2. The molecule has 4 rings (SSSR count). The summed E-state index contributed by atoms with van der Waals surface area (Å²) >= 11 is 1.37. The third-order valence-electron chi connectivity index (χ3n) is 4.38. The third kappa shape index (κ3) is 3.96. The Hall–Kier alpha value is -3.31. The molecule has 10 nitrogen and oxygen atoms in total. The lowest BCUT2D eigenvalue weighted by Gasteiger charge is -2.20. The summed E-state index contributed by atoms with van der Waals surface area (Å²) in [6.07, 6.45) is 1.36. The van der Waals surface area contributed by atoms with Crippen LogP contribution < -0.4 is 10.3 Å². The largest absolute Gasteiger partial charge is 0.467 e. The van der Waals surface area contributed by atoms with Crippen molar-refractivity contribution in [2.45, 2.75) is 26.2 Å². The molecule has 0 atom stereocenters. The molecule has 0 aliphatic carbocycles. The average Bonchev–Trinajstić information content (AvgIpc) is 3.21. The number of rotatable bonds is 6. The van der Waals surface area contributed by atoms with Crippen molar-refractivity contribution in [3.8, 4) is 5.75 Å². The number of hydrogen-bond donors (Lipinski definition) is 0. The van der Waals surface area contributed by atoms with Gasteiger partial charge in [-0.3, -0.25) is 24.3 Å². The molecule has 150 valence electrons. The van der Waals surface area contributed by atoms with Gasteiger partial charge in [-0.2, -0.15) is 0 Å². The lowest BCUT2D eigenvalue weighted by atomic mass is 10.1. The average molecular weight is 417 g/mol. The molecule has 0 fully saturated rings.